The van der Waals surface area contributed by atoms with Crippen LogP contribution in [0.1, 0.15) is 54.0 Å². The molecule has 0 radical (unpaired) electrons. The minimum atomic E-state index is -3.83. The lowest BCUT2D eigenvalue weighted by Crippen LogP contribution is -2.36. The first kappa shape index (κ1) is 26.0. The molecule has 0 unspecified atom stereocenters. The Morgan fingerprint density at radius 3 is 2.00 bits per heavy atom. The smallest absolute Gasteiger partial charge is 0.415 e. The molecule has 7 nitrogen and oxygen atoms in total. The van der Waals surface area contributed by atoms with Gasteiger partial charge in [-0.25, -0.2) is 4.79 Å². The zero-order valence-corrected chi connectivity index (χ0v) is 20.2. The maximum absolute atomic E-state index is 13.6. The van der Waals surface area contributed by atoms with Gasteiger partial charge < -0.3 is 18.5 Å². The van der Waals surface area contributed by atoms with Crippen LogP contribution in [0.3, 0.4) is 0 Å². The lowest BCUT2D eigenvalue weighted by Gasteiger charge is -2.31. The minimum Gasteiger partial charge on any atom is -0.497 e. The number of amides is 1. The summed E-state index contributed by atoms with van der Waals surface area (Å²) in [6, 6.07) is 7.22. The third kappa shape index (κ3) is 8.00. The number of carbonyl (C=O) groups is 1. The van der Waals surface area contributed by atoms with Crippen molar-refractivity contribution in [3.63, 3.8) is 0 Å². The molecule has 0 fully saturated rings. The third-order valence-electron chi connectivity index (χ3n) is 3.59. The van der Waals surface area contributed by atoms with E-state index >= 15 is 0 Å². The molecule has 0 aliphatic carbocycles. The second-order valence-corrected chi connectivity index (χ2v) is 9.63. The first-order valence-corrected chi connectivity index (χ1v) is 11.5. The Hall–Kier alpha value is -2.04. The lowest BCUT2D eigenvalue weighted by molar-refractivity contribution is 0.0303. The molecule has 0 saturated carbocycles. The highest BCUT2D eigenvalue weighted by Gasteiger charge is 2.39. The first-order chi connectivity index (χ1) is 14.0. The van der Waals surface area contributed by atoms with Crippen molar-refractivity contribution in [2.45, 2.75) is 60.6 Å². The number of ether oxygens (including phenoxy) is 2. The second-order valence-electron chi connectivity index (χ2n) is 7.70. The zero-order valence-electron chi connectivity index (χ0n) is 19.3. The molecule has 0 bridgehead atoms. The van der Waals surface area contributed by atoms with Gasteiger partial charge in [-0.05, 0) is 71.7 Å². The quantitative estimate of drug-likeness (QED) is 0.342. The molecular weight excluding hydrogens is 405 g/mol. The number of allylic oxidation sites excluding steroid dienone is 1. The average Bonchev–Trinajstić information content (AvgIpc) is 2.63. The average molecular weight is 439 g/mol. The molecule has 8 heteroatoms. The zero-order chi connectivity index (χ0) is 22.9. The molecule has 1 rings (SSSR count). The van der Waals surface area contributed by atoms with Gasteiger partial charge in [0.05, 0.1) is 26.9 Å². The van der Waals surface area contributed by atoms with Crippen LogP contribution in [0.25, 0.3) is 0 Å². The van der Waals surface area contributed by atoms with Gasteiger partial charge in [-0.3, -0.25) is 9.46 Å². The fraction of sp³-hybridized carbons (Fsp3) is 0.545. The topological polar surface area (TPSA) is 74.3 Å². The van der Waals surface area contributed by atoms with Crippen LogP contribution < -0.4 is 4.74 Å². The van der Waals surface area contributed by atoms with Crippen LogP contribution >= 0.6 is 7.60 Å². The summed E-state index contributed by atoms with van der Waals surface area (Å²) in [4.78, 5) is 14.4. The second kappa shape index (κ2) is 11.4. The lowest BCUT2D eigenvalue weighted by atomic mass is 10.2. The fourth-order valence-corrected chi connectivity index (χ4v) is 4.27. The predicted octanol–water partition coefficient (Wildman–Crippen LogP) is 6.10. The van der Waals surface area contributed by atoms with E-state index in [0.717, 1.165) is 5.56 Å². The molecule has 0 aliphatic heterocycles. The number of hydrogen-bond donors (Lipinski definition) is 0. The number of rotatable bonds is 9. The van der Waals surface area contributed by atoms with Crippen molar-refractivity contribution in [3.05, 3.63) is 46.6 Å². The molecule has 0 spiro atoms. The van der Waals surface area contributed by atoms with Crippen molar-refractivity contribution in [2.24, 2.45) is 0 Å². The van der Waals surface area contributed by atoms with Crippen molar-refractivity contribution in [1.82, 2.24) is 4.90 Å². The summed E-state index contributed by atoms with van der Waals surface area (Å²) in [6.45, 7) is 12.7. The molecule has 0 atom stereocenters. The van der Waals surface area contributed by atoms with Crippen LogP contribution in [-0.4, -0.2) is 36.9 Å². The van der Waals surface area contributed by atoms with E-state index in [2.05, 4.69) is 5.73 Å². The maximum Gasteiger partial charge on any atom is 0.415 e. The largest absolute Gasteiger partial charge is 0.497 e. The van der Waals surface area contributed by atoms with Gasteiger partial charge >= 0.3 is 13.7 Å². The summed E-state index contributed by atoms with van der Waals surface area (Å²) < 4.78 is 35.4. The number of carbonyl (C=O) groups excluding carboxylic acids is 1. The molecule has 0 aliphatic rings. The van der Waals surface area contributed by atoms with E-state index < -0.39 is 19.3 Å². The summed E-state index contributed by atoms with van der Waals surface area (Å²) in [7, 11) is -2.24. The maximum atomic E-state index is 13.6. The number of nitrogens with zero attached hydrogens (tertiary/aromatic N) is 1. The minimum absolute atomic E-state index is 0.0243. The van der Waals surface area contributed by atoms with E-state index in [1.165, 1.54) is 4.90 Å². The van der Waals surface area contributed by atoms with Crippen molar-refractivity contribution < 1.29 is 27.9 Å². The first-order valence-electron chi connectivity index (χ1n) is 9.93. The normalized spacial score (nSPS) is 11.5. The van der Waals surface area contributed by atoms with E-state index in [4.69, 9.17) is 18.5 Å². The number of benzene rings is 1. The SMILES string of the molecule is CCOP(=O)(OCC)C(=C=C(C)C)N(Cc1ccc(OC)cc1)C(=O)OC(C)(C)C. The van der Waals surface area contributed by atoms with Gasteiger partial charge in [-0.15, -0.1) is 0 Å². The molecule has 168 valence electrons. The van der Waals surface area contributed by atoms with Gasteiger partial charge in [-0.2, -0.15) is 0 Å². The predicted molar refractivity (Wildman–Crippen MR) is 118 cm³/mol. The highest BCUT2D eigenvalue weighted by atomic mass is 31.2. The Balaban J connectivity index is 3.57. The summed E-state index contributed by atoms with van der Waals surface area (Å²) >= 11 is 0. The van der Waals surface area contributed by atoms with Crippen molar-refractivity contribution in [1.29, 1.82) is 0 Å². The van der Waals surface area contributed by atoms with E-state index in [0.29, 0.717) is 11.3 Å². The van der Waals surface area contributed by atoms with Gasteiger partial charge in [0.1, 0.15) is 11.4 Å². The van der Waals surface area contributed by atoms with Gasteiger partial charge in [0, 0.05) is 0 Å². The Morgan fingerprint density at radius 1 is 1.07 bits per heavy atom. The van der Waals surface area contributed by atoms with Crippen LogP contribution in [0.5, 0.6) is 5.75 Å². The fourth-order valence-electron chi connectivity index (χ4n) is 2.46. The summed E-state index contributed by atoms with van der Waals surface area (Å²) in [6.07, 6.45) is -0.665. The van der Waals surface area contributed by atoms with Crippen LogP contribution in [0, 0.1) is 0 Å². The van der Waals surface area contributed by atoms with E-state index in [1.807, 2.05) is 12.1 Å². The van der Waals surface area contributed by atoms with Crippen molar-refractivity contribution in [2.75, 3.05) is 20.3 Å². The molecule has 30 heavy (non-hydrogen) atoms. The summed E-state index contributed by atoms with van der Waals surface area (Å²) in [5, 5.41) is 0. The van der Waals surface area contributed by atoms with Gasteiger partial charge in [0.15, 0.2) is 5.44 Å². The number of hydrogen-bond acceptors (Lipinski definition) is 6. The van der Waals surface area contributed by atoms with Gasteiger partial charge in [0.2, 0.25) is 0 Å². The Kier molecular flexibility index (Phi) is 9.86. The molecule has 1 aromatic carbocycles. The third-order valence-corrected chi connectivity index (χ3v) is 5.66. The van der Waals surface area contributed by atoms with E-state index in [9.17, 15) is 9.36 Å². The van der Waals surface area contributed by atoms with Crippen LogP contribution in [0.2, 0.25) is 0 Å². The highest BCUT2D eigenvalue weighted by Crippen LogP contribution is 2.57. The molecule has 0 N–H and O–H groups in total. The van der Waals surface area contributed by atoms with Crippen LogP contribution in [0.15, 0.2) is 41.0 Å². The molecule has 1 amide bonds. The highest BCUT2D eigenvalue weighted by molar-refractivity contribution is 7.58. The number of methoxy groups -OCH3 is 1. The van der Waals surface area contributed by atoms with Crippen LogP contribution in [-0.2, 0) is 24.9 Å². The van der Waals surface area contributed by atoms with E-state index in [-0.39, 0.29) is 25.2 Å². The van der Waals surface area contributed by atoms with E-state index in [1.54, 1.807) is 67.7 Å². The summed E-state index contributed by atoms with van der Waals surface area (Å²) in [5.41, 5.74) is 3.80. The Morgan fingerprint density at radius 2 is 1.60 bits per heavy atom. The molecule has 0 heterocycles. The molecular formula is C22H34NO6P. The van der Waals surface area contributed by atoms with Crippen molar-refractivity contribution in [3.8, 4) is 5.75 Å². The molecule has 0 saturated heterocycles. The van der Waals surface area contributed by atoms with Crippen LogP contribution in [0.4, 0.5) is 4.79 Å². The van der Waals surface area contributed by atoms with Gasteiger partial charge in [0.25, 0.3) is 0 Å². The standard InChI is InChI=1S/C22H34NO6P/c1-9-27-30(25,28-10-2)20(15-17(3)4)23(21(24)29-22(5,6)7)16-18-11-13-19(26-8)14-12-18/h11-14H,9-10,16H2,1-8H3. The molecule has 1 aromatic rings. The van der Waals surface area contributed by atoms with Crippen molar-refractivity contribution >= 4 is 13.7 Å². The summed E-state index contributed by atoms with van der Waals surface area (Å²) in [5.74, 6) is 0.692. The molecule has 0 aromatic heterocycles. The van der Waals surface area contributed by atoms with Gasteiger partial charge in [-0.1, -0.05) is 17.9 Å². The Labute approximate surface area is 180 Å². The monoisotopic (exact) mass is 439 g/mol. The Bertz CT molecular complexity index is 805.